The van der Waals surface area contributed by atoms with Crippen molar-refractivity contribution in [1.82, 2.24) is 4.98 Å². The van der Waals surface area contributed by atoms with Gasteiger partial charge in [-0.3, -0.25) is 4.79 Å². The normalized spacial score (nSPS) is 9.68. The molecule has 0 aliphatic carbocycles. The maximum Gasteiger partial charge on any atom is 0.223 e. The summed E-state index contributed by atoms with van der Waals surface area (Å²) in [5.41, 5.74) is 1.20. The maximum atomic E-state index is 10.9. The SMILES string of the molecule is CC(=O)Nc1nc(COc2ccccc2C#N)cs1. The number of aromatic nitrogens is 1. The molecule has 1 aromatic heterocycles. The molecule has 2 rings (SSSR count). The fraction of sp³-hybridized carbons (Fsp3) is 0.154. The van der Waals surface area contributed by atoms with Crippen LogP contribution >= 0.6 is 11.3 Å². The molecule has 96 valence electrons. The lowest BCUT2D eigenvalue weighted by Gasteiger charge is -2.05. The van der Waals surface area contributed by atoms with Gasteiger partial charge in [-0.25, -0.2) is 4.98 Å². The number of rotatable bonds is 4. The molecule has 0 bridgehead atoms. The first-order valence-electron chi connectivity index (χ1n) is 5.53. The number of hydrogen-bond acceptors (Lipinski definition) is 5. The summed E-state index contributed by atoms with van der Waals surface area (Å²) in [6.45, 7) is 1.69. The Morgan fingerprint density at radius 2 is 2.32 bits per heavy atom. The van der Waals surface area contributed by atoms with Crippen LogP contribution in [0, 0.1) is 11.3 Å². The van der Waals surface area contributed by atoms with Gasteiger partial charge in [-0.05, 0) is 12.1 Å². The maximum absolute atomic E-state index is 10.9. The Morgan fingerprint density at radius 3 is 3.05 bits per heavy atom. The molecule has 0 saturated heterocycles. The average Bonchev–Trinajstić information content (AvgIpc) is 2.83. The van der Waals surface area contributed by atoms with Gasteiger partial charge in [0.15, 0.2) is 5.13 Å². The third-order valence-corrected chi connectivity index (χ3v) is 3.02. The van der Waals surface area contributed by atoms with Crippen LogP contribution in [-0.2, 0) is 11.4 Å². The van der Waals surface area contributed by atoms with Crippen LogP contribution in [0.25, 0.3) is 0 Å². The number of amides is 1. The number of carbonyl (C=O) groups is 1. The standard InChI is InChI=1S/C13H11N3O2S/c1-9(17)15-13-16-11(8-19-13)7-18-12-5-3-2-4-10(12)6-14/h2-5,8H,7H2,1H3,(H,15,16,17). The molecule has 0 spiro atoms. The Kier molecular flexibility index (Phi) is 4.11. The highest BCUT2D eigenvalue weighted by Crippen LogP contribution is 2.20. The predicted octanol–water partition coefficient (Wildman–Crippen LogP) is 2.55. The van der Waals surface area contributed by atoms with E-state index in [-0.39, 0.29) is 12.5 Å². The fourth-order valence-electron chi connectivity index (χ4n) is 1.42. The molecule has 0 atom stereocenters. The molecule has 0 aliphatic rings. The number of hydrogen-bond donors (Lipinski definition) is 1. The molecule has 1 amide bonds. The highest BCUT2D eigenvalue weighted by molar-refractivity contribution is 7.13. The highest BCUT2D eigenvalue weighted by atomic mass is 32.1. The van der Waals surface area contributed by atoms with Crippen molar-refractivity contribution in [2.45, 2.75) is 13.5 Å². The van der Waals surface area contributed by atoms with E-state index in [1.165, 1.54) is 18.3 Å². The summed E-state index contributed by atoms with van der Waals surface area (Å²) in [4.78, 5) is 15.1. The molecule has 0 saturated carbocycles. The van der Waals surface area contributed by atoms with Crippen LogP contribution in [-0.4, -0.2) is 10.9 Å². The van der Waals surface area contributed by atoms with Crippen LogP contribution in [0.1, 0.15) is 18.2 Å². The van der Waals surface area contributed by atoms with E-state index in [9.17, 15) is 4.79 Å². The van der Waals surface area contributed by atoms with Crippen molar-refractivity contribution in [3.63, 3.8) is 0 Å². The van der Waals surface area contributed by atoms with Crippen LogP contribution in [0.4, 0.5) is 5.13 Å². The number of thiazole rings is 1. The topological polar surface area (TPSA) is 75.0 Å². The Bertz CT molecular complexity index is 631. The zero-order valence-electron chi connectivity index (χ0n) is 10.2. The van der Waals surface area contributed by atoms with E-state index in [1.807, 2.05) is 0 Å². The van der Waals surface area contributed by atoms with Crippen molar-refractivity contribution in [2.75, 3.05) is 5.32 Å². The lowest BCUT2D eigenvalue weighted by Crippen LogP contribution is -2.05. The summed E-state index contributed by atoms with van der Waals surface area (Å²) < 4.78 is 5.54. The summed E-state index contributed by atoms with van der Waals surface area (Å²) in [5, 5.41) is 13.9. The molecule has 6 heteroatoms. The molecular formula is C13H11N3O2S. The Labute approximate surface area is 114 Å². The largest absolute Gasteiger partial charge is 0.486 e. The number of nitrogens with zero attached hydrogens (tertiary/aromatic N) is 2. The first kappa shape index (κ1) is 13.1. The number of nitriles is 1. The van der Waals surface area contributed by atoms with Crippen LogP contribution in [0.3, 0.4) is 0 Å². The molecular weight excluding hydrogens is 262 g/mol. The van der Waals surface area contributed by atoms with Gasteiger partial charge < -0.3 is 10.1 Å². The third kappa shape index (κ3) is 3.53. The molecule has 0 aliphatic heterocycles. The second kappa shape index (κ2) is 5.98. The van der Waals surface area contributed by atoms with Gasteiger partial charge in [0, 0.05) is 12.3 Å². The van der Waals surface area contributed by atoms with E-state index in [4.69, 9.17) is 10.00 Å². The predicted molar refractivity (Wildman–Crippen MR) is 71.9 cm³/mol. The lowest BCUT2D eigenvalue weighted by molar-refractivity contribution is -0.114. The summed E-state index contributed by atoms with van der Waals surface area (Å²) in [6.07, 6.45) is 0. The van der Waals surface area contributed by atoms with Gasteiger partial charge in [0.2, 0.25) is 5.91 Å². The Balaban J connectivity index is 2.01. The molecule has 0 unspecified atom stereocenters. The number of anilines is 1. The smallest absolute Gasteiger partial charge is 0.223 e. The molecule has 0 radical (unpaired) electrons. The highest BCUT2D eigenvalue weighted by Gasteiger charge is 2.06. The summed E-state index contributed by atoms with van der Waals surface area (Å²) in [6, 6.07) is 9.08. The van der Waals surface area contributed by atoms with Gasteiger partial charge in [0.1, 0.15) is 18.4 Å². The van der Waals surface area contributed by atoms with Gasteiger partial charge in [-0.2, -0.15) is 5.26 Å². The zero-order valence-corrected chi connectivity index (χ0v) is 11.0. The van der Waals surface area contributed by atoms with Gasteiger partial charge in [-0.1, -0.05) is 12.1 Å². The molecule has 2 aromatic rings. The number of para-hydroxylation sites is 1. The van der Waals surface area contributed by atoms with E-state index < -0.39 is 0 Å². The Hall–Kier alpha value is -2.39. The van der Waals surface area contributed by atoms with Crippen LogP contribution in [0.2, 0.25) is 0 Å². The molecule has 1 heterocycles. The zero-order chi connectivity index (χ0) is 13.7. The number of nitrogens with one attached hydrogen (secondary N) is 1. The molecule has 0 fully saturated rings. The second-order valence-electron chi connectivity index (χ2n) is 3.72. The minimum atomic E-state index is -0.156. The van der Waals surface area contributed by atoms with Gasteiger partial charge in [-0.15, -0.1) is 11.3 Å². The summed E-state index contributed by atoms with van der Waals surface area (Å²) in [7, 11) is 0. The van der Waals surface area contributed by atoms with Crippen molar-refractivity contribution in [3.05, 3.63) is 40.9 Å². The van der Waals surface area contributed by atoms with E-state index in [1.54, 1.807) is 29.6 Å². The molecule has 5 nitrogen and oxygen atoms in total. The Morgan fingerprint density at radius 1 is 1.53 bits per heavy atom. The van der Waals surface area contributed by atoms with E-state index in [0.29, 0.717) is 22.1 Å². The first-order chi connectivity index (χ1) is 9.19. The van der Waals surface area contributed by atoms with Crippen molar-refractivity contribution in [1.29, 1.82) is 5.26 Å². The van der Waals surface area contributed by atoms with Gasteiger partial charge >= 0.3 is 0 Å². The number of carbonyl (C=O) groups excluding carboxylic acids is 1. The van der Waals surface area contributed by atoms with E-state index >= 15 is 0 Å². The van der Waals surface area contributed by atoms with Crippen LogP contribution in [0.15, 0.2) is 29.6 Å². The van der Waals surface area contributed by atoms with E-state index in [2.05, 4.69) is 16.4 Å². The molecule has 19 heavy (non-hydrogen) atoms. The van der Waals surface area contributed by atoms with Crippen molar-refractivity contribution in [2.24, 2.45) is 0 Å². The van der Waals surface area contributed by atoms with E-state index in [0.717, 1.165) is 0 Å². The number of benzene rings is 1. The van der Waals surface area contributed by atoms with Crippen molar-refractivity contribution < 1.29 is 9.53 Å². The lowest BCUT2D eigenvalue weighted by atomic mass is 10.2. The number of ether oxygens (including phenoxy) is 1. The molecule has 1 N–H and O–H groups in total. The van der Waals surface area contributed by atoms with Gasteiger partial charge in [0.05, 0.1) is 11.3 Å². The minimum Gasteiger partial charge on any atom is -0.486 e. The van der Waals surface area contributed by atoms with Crippen molar-refractivity contribution >= 4 is 22.4 Å². The fourth-order valence-corrected chi connectivity index (χ4v) is 2.16. The van der Waals surface area contributed by atoms with Gasteiger partial charge in [0.25, 0.3) is 0 Å². The average molecular weight is 273 g/mol. The monoisotopic (exact) mass is 273 g/mol. The van der Waals surface area contributed by atoms with Crippen molar-refractivity contribution in [3.8, 4) is 11.8 Å². The quantitative estimate of drug-likeness (QED) is 0.928. The van der Waals surface area contributed by atoms with Crippen LogP contribution in [0.5, 0.6) is 5.75 Å². The molecule has 1 aromatic carbocycles. The summed E-state index contributed by atoms with van der Waals surface area (Å²) >= 11 is 1.33. The second-order valence-corrected chi connectivity index (χ2v) is 4.58. The first-order valence-corrected chi connectivity index (χ1v) is 6.41. The van der Waals surface area contributed by atoms with Crippen LogP contribution < -0.4 is 10.1 Å². The summed E-state index contributed by atoms with van der Waals surface area (Å²) in [5.74, 6) is 0.371. The third-order valence-electron chi connectivity index (χ3n) is 2.22. The minimum absolute atomic E-state index is 0.156.